The van der Waals surface area contributed by atoms with E-state index in [0.717, 1.165) is 0 Å². The molecule has 1 fully saturated rings. The van der Waals surface area contributed by atoms with Gasteiger partial charge in [0.25, 0.3) is 0 Å². The molecule has 0 bridgehead atoms. The lowest BCUT2D eigenvalue weighted by atomic mass is 10.1. The topological polar surface area (TPSA) is 114 Å². The molecule has 0 atom stereocenters. The molecule has 0 unspecified atom stereocenters. The highest BCUT2D eigenvalue weighted by Crippen LogP contribution is 2.41. The number of aromatic nitrogens is 3. The van der Waals surface area contributed by atoms with Crippen LogP contribution in [0.1, 0.15) is 31.2 Å². The molecule has 1 saturated carbocycles. The van der Waals surface area contributed by atoms with Crippen molar-refractivity contribution in [3.63, 3.8) is 0 Å². The molecule has 6 nitrogen and oxygen atoms in total. The van der Waals surface area contributed by atoms with Crippen LogP contribution in [0, 0.1) is 0 Å². The third-order valence-electron chi connectivity index (χ3n) is 4.54. The van der Waals surface area contributed by atoms with Crippen LogP contribution in [0.4, 0.5) is 19.1 Å². The zero-order chi connectivity index (χ0) is 20.5. The average molecular weight is 414 g/mol. The van der Waals surface area contributed by atoms with E-state index in [1.165, 1.54) is 44.0 Å². The van der Waals surface area contributed by atoms with Crippen molar-refractivity contribution < 1.29 is 18.3 Å². The number of anilines is 1. The molecule has 0 radical (unpaired) electrons. The molecule has 150 valence electrons. The molecular weight excluding hydrogens is 395 g/mol. The number of hydrogen-bond acceptors (Lipinski definition) is 5. The third-order valence-corrected chi connectivity index (χ3v) is 4.92. The minimum absolute atomic E-state index is 0.0133. The number of nitrogens with two attached hydrogens (primary N) is 2. The molecule has 10 heteroatoms. The largest absolute Gasteiger partial charge is 0.506 e. The number of fused-ring (bicyclic) bond motifs is 1. The van der Waals surface area contributed by atoms with Crippen LogP contribution in [0.15, 0.2) is 24.5 Å². The minimum Gasteiger partial charge on any atom is -0.506 e. The number of rotatable bonds is 1. The molecule has 3 aromatic rings. The first-order valence-corrected chi connectivity index (χ1v) is 9.00. The summed E-state index contributed by atoms with van der Waals surface area (Å²) in [6.45, 7) is 0. The lowest BCUT2D eigenvalue weighted by Crippen LogP contribution is -2.13. The van der Waals surface area contributed by atoms with E-state index in [4.69, 9.17) is 23.1 Å². The molecule has 6 N–H and O–H groups in total. The van der Waals surface area contributed by atoms with Gasteiger partial charge >= 0.3 is 6.18 Å². The van der Waals surface area contributed by atoms with E-state index < -0.39 is 11.7 Å². The number of nitrogen functional groups attached to an aromatic ring is 1. The maximum atomic E-state index is 13.1. The van der Waals surface area contributed by atoms with Crippen LogP contribution in [-0.4, -0.2) is 26.1 Å². The summed E-state index contributed by atoms with van der Waals surface area (Å²) in [4.78, 5) is 9.84. The van der Waals surface area contributed by atoms with Gasteiger partial charge in [0, 0.05) is 29.4 Å². The second kappa shape index (κ2) is 7.84. The second-order valence-electron chi connectivity index (χ2n) is 6.56. The maximum absolute atomic E-state index is 13.1. The van der Waals surface area contributed by atoms with Crippen LogP contribution in [0.3, 0.4) is 0 Å². The van der Waals surface area contributed by atoms with Gasteiger partial charge in [0.2, 0.25) is 5.95 Å². The predicted octanol–water partition coefficient (Wildman–Crippen LogP) is 4.47. The van der Waals surface area contributed by atoms with Crippen molar-refractivity contribution in [2.45, 2.75) is 37.9 Å². The molecule has 1 aliphatic rings. The van der Waals surface area contributed by atoms with Gasteiger partial charge in [-0.2, -0.15) is 13.2 Å². The molecule has 2 heterocycles. The van der Waals surface area contributed by atoms with Crippen LogP contribution < -0.4 is 11.5 Å². The van der Waals surface area contributed by atoms with Gasteiger partial charge in [-0.25, -0.2) is 9.97 Å². The van der Waals surface area contributed by atoms with Gasteiger partial charge in [0.15, 0.2) is 0 Å². The Morgan fingerprint density at radius 2 is 1.89 bits per heavy atom. The first kappa shape index (κ1) is 20.2. The number of halogens is 4. The molecule has 4 rings (SSSR count). The maximum Gasteiger partial charge on any atom is 0.419 e. The highest BCUT2D eigenvalue weighted by atomic mass is 35.5. The summed E-state index contributed by atoms with van der Waals surface area (Å²) in [6.07, 6.45) is 2.58. The first-order valence-electron chi connectivity index (χ1n) is 8.62. The molecule has 0 spiro atoms. The van der Waals surface area contributed by atoms with Gasteiger partial charge in [-0.3, -0.25) is 0 Å². The second-order valence-corrected chi connectivity index (χ2v) is 6.93. The highest BCUT2D eigenvalue weighted by molar-refractivity contribution is 6.37. The van der Waals surface area contributed by atoms with Crippen molar-refractivity contribution in [1.29, 1.82) is 0 Å². The van der Waals surface area contributed by atoms with Crippen LogP contribution in [0.2, 0.25) is 5.02 Å². The summed E-state index contributed by atoms with van der Waals surface area (Å²) in [6, 6.07) is 3.28. The Morgan fingerprint density at radius 1 is 1.21 bits per heavy atom. The highest BCUT2D eigenvalue weighted by Gasteiger charge is 2.36. The quantitative estimate of drug-likeness (QED) is 0.470. The van der Waals surface area contributed by atoms with E-state index in [1.807, 2.05) is 0 Å². The van der Waals surface area contributed by atoms with Crippen molar-refractivity contribution in [2.24, 2.45) is 5.73 Å². The van der Waals surface area contributed by atoms with Crippen LogP contribution in [0.25, 0.3) is 22.2 Å². The van der Waals surface area contributed by atoms with E-state index in [1.54, 1.807) is 0 Å². The summed E-state index contributed by atoms with van der Waals surface area (Å²) in [5.41, 5.74) is 10.1. The molecule has 1 aromatic carbocycles. The molecule has 0 aliphatic heterocycles. The van der Waals surface area contributed by atoms with Crippen LogP contribution in [0.5, 0.6) is 5.75 Å². The number of phenolic OH excluding ortho intramolecular Hbond substituents is 1. The lowest BCUT2D eigenvalue weighted by Gasteiger charge is -2.11. The summed E-state index contributed by atoms with van der Waals surface area (Å²) in [5, 5.41) is 9.94. The number of phenols is 1. The lowest BCUT2D eigenvalue weighted by molar-refractivity contribution is -0.137. The summed E-state index contributed by atoms with van der Waals surface area (Å²) in [7, 11) is 0. The summed E-state index contributed by atoms with van der Waals surface area (Å²) < 4.78 is 39.4. The summed E-state index contributed by atoms with van der Waals surface area (Å²) >= 11 is 5.93. The molecular formula is C18H19ClF3N5O. The standard InChI is InChI=1S/C13H8ClF3N4O.C5H11N/c14-9-8(22)2-1-5-6(3-19-11(5)9)10-7(13(15,16)17)4-20-12(18)21-10;6-5-3-1-2-4-5/h1-4,19,22H,(H2,18,20,21);5H,1-4,6H2. The van der Waals surface area contributed by atoms with Crippen molar-refractivity contribution in [3.8, 4) is 17.0 Å². The van der Waals surface area contributed by atoms with Crippen LogP contribution >= 0.6 is 11.6 Å². The zero-order valence-corrected chi connectivity index (χ0v) is 15.5. The third kappa shape index (κ3) is 4.15. The monoisotopic (exact) mass is 413 g/mol. The van der Waals surface area contributed by atoms with E-state index >= 15 is 0 Å². The molecule has 2 aromatic heterocycles. The molecule has 0 saturated heterocycles. The smallest absolute Gasteiger partial charge is 0.419 e. The normalized spacial score (nSPS) is 14.9. The van der Waals surface area contributed by atoms with Gasteiger partial charge in [0.05, 0.1) is 11.2 Å². The first-order chi connectivity index (χ1) is 13.2. The molecule has 0 amide bonds. The number of hydrogen-bond donors (Lipinski definition) is 4. The average Bonchev–Trinajstić information content (AvgIpc) is 3.27. The Hall–Kier alpha value is -2.52. The summed E-state index contributed by atoms with van der Waals surface area (Å²) in [5.74, 6) is -0.456. The fraction of sp³-hybridized carbons (Fsp3) is 0.333. The minimum atomic E-state index is -4.63. The van der Waals surface area contributed by atoms with Crippen molar-refractivity contribution in [3.05, 3.63) is 35.1 Å². The van der Waals surface area contributed by atoms with Crippen molar-refractivity contribution >= 4 is 28.5 Å². The molecule has 28 heavy (non-hydrogen) atoms. The Morgan fingerprint density at radius 3 is 2.46 bits per heavy atom. The van der Waals surface area contributed by atoms with E-state index in [0.29, 0.717) is 23.1 Å². The van der Waals surface area contributed by atoms with E-state index in [2.05, 4.69) is 15.0 Å². The van der Waals surface area contributed by atoms with E-state index in [9.17, 15) is 18.3 Å². The Balaban J connectivity index is 0.000000320. The van der Waals surface area contributed by atoms with E-state index in [-0.39, 0.29) is 28.0 Å². The number of benzene rings is 1. The van der Waals surface area contributed by atoms with Gasteiger partial charge in [-0.15, -0.1) is 0 Å². The number of nitrogens with one attached hydrogen (secondary N) is 1. The molecule has 1 aliphatic carbocycles. The van der Waals surface area contributed by atoms with Crippen molar-refractivity contribution in [2.75, 3.05) is 5.73 Å². The SMILES string of the molecule is NC1CCCC1.Nc1ncc(C(F)(F)F)c(-c2c[nH]c3c(Cl)c(O)ccc23)n1. The zero-order valence-electron chi connectivity index (χ0n) is 14.7. The number of nitrogens with zero attached hydrogens (tertiary/aromatic N) is 2. The Labute approximate surface area is 163 Å². The van der Waals surface area contributed by atoms with Gasteiger partial charge in [-0.1, -0.05) is 24.4 Å². The number of aromatic amines is 1. The fourth-order valence-corrected chi connectivity index (χ4v) is 3.33. The Bertz CT molecular complexity index is 983. The number of H-pyrrole nitrogens is 1. The Kier molecular flexibility index (Phi) is 5.66. The van der Waals surface area contributed by atoms with Crippen molar-refractivity contribution in [1.82, 2.24) is 15.0 Å². The van der Waals surface area contributed by atoms with Gasteiger partial charge < -0.3 is 21.6 Å². The number of aromatic hydroxyl groups is 1. The van der Waals surface area contributed by atoms with Gasteiger partial charge in [-0.05, 0) is 25.0 Å². The van der Waals surface area contributed by atoms with Crippen LogP contribution in [-0.2, 0) is 6.18 Å². The fourth-order valence-electron chi connectivity index (χ4n) is 3.11. The van der Waals surface area contributed by atoms with Gasteiger partial charge in [0.1, 0.15) is 16.3 Å². The predicted molar refractivity (Wildman–Crippen MR) is 102 cm³/mol. The number of alkyl halides is 3.